The number of hydrogen-bond donors (Lipinski definition) is 1. The summed E-state index contributed by atoms with van der Waals surface area (Å²) in [6.45, 7) is 6.78. The number of carboxylic acid groups (broad SMARTS) is 1. The van der Waals surface area contributed by atoms with Crippen LogP contribution in [-0.2, 0) is 9.59 Å². The average Bonchev–Trinajstić information content (AvgIpc) is 2.61. The second-order valence-corrected chi connectivity index (χ2v) is 5.05. The van der Waals surface area contributed by atoms with E-state index in [0.717, 1.165) is 32.4 Å². The number of amides is 1. The van der Waals surface area contributed by atoms with Gasteiger partial charge in [0.15, 0.2) is 0 Å². The van der Waals surface area contributed by atoms with Crippen LogP contribution in [0.25, 0.3) is 0 Å². The molecule has 1 amide bonds. The van der Waals surface area contributed by atoms with E-state index in [2.05, 4.69) is 6.92 Å². The van der Waals surface area contributed by atoms with Crippen molar-refractivity contribution in [3.8, 4) is 0 Å². The summed E-state index contributed by atoms with van der Waals surface area (Å²) in [4.78, 5) is 24.9. The number of nitrogens with zero attached hydrogens (tertiary/aromatic N) is 1. The van der Waals surface area contributed by atoms with E-state index in [1.165, 1.54) is 13.3 Å². The zero-order valence-corrected chi connectivity index (χ0v) is 11.5. The van der Waals surface area contributed by atoms with Gasteiger partial charge in [0.1, 0.15) is 0 Å². The highest BCUT2D eigenvalue weighted by Crippen LogP contribution is 2.21. The van der Waals surface area contributed by atoms with Crippen molar-refractivity contribution in [3.63, 3.8) is 0 Å². The van der Waals surface area contributed by atoms with E-state index in [4.69, 9.17) is 5.11 Å². The Morgan fingerprint density at radius 2 is 1.83 bits per heavy atom. The summed E-state index contributed by atoms with van der Waals surface area (Å²) < 4.78 is 0. The van der Waals surface area contributed by atoms with Crippen LogP contribution in [0.15, 0.2) is 11.1 Å². The number of rotatable bonds is 3. The second kappa shape index (κ2) is 6.57. The zero-order valence-electron chi connectivity index (χ0n) is 11.5. The molecule has 0 saturated carbocycles. The first-order valence-electron chi connectivity index (χ1n) is 6.67. The maximum atomic E-state index is 12.2. The van der Waals surface area contributed by atoms with Crippen LogP contribution in [0.3, 0.4) is 0 Å². The molecule has 1 aliphatic rings. The molecule has 4 heteroatoms. The lowest BCUT2D eigenvalue weighted by molar-refractivity contribution is -0.133. The molecule has 1 fully saturated rings. The molecule has 102 valence electrons. The molecule has 1 N–H and O–H groups in total. The summed E-state index contributed by atoms with van der Waals surface area (Å²) in [5.74, 6) is -0.429. The summed E-state index contributed by atoms with van der Waals surface area (Å²) in [7, 11) is 0. The van der Waals surface area contributed by atoms with E-state index in [9.17, 15) is 9.59 Å². The number of aliphatic carboxylic acids is 1. The van der Waals surface area contributed by atoms with Crippen molar-refractivity contribution in [1.82, 2.24) is 4.90 Å². The standard InChI is InChI=1S/C14H23NO3/c1-4-12-6-5-8-15(9-7-12)13(16)10(2)11(3)14(17)18/h12H,4-9H2,1-3H3,(H,17,18). The lowest BCUT2D eigenvalue weighted by Gasteiger charge is -2.21. The van der Waals surface area contributed by atoms with Crippen molar-refractivity contribution in [2.45, 2.75) is 46.5 Å². The summed E-state index contributed by atoms with van der Waals surface area (Å²) in [5.41, 5.74) is 0.508. The Morgan fingerprint density at radius 3 is 2.39 bits per heavy atom. The summed E-state index contributed by atoms with van der Waals surface area (Å²) in [5, 5.41) is 8.91. The number of carbonyl (C=O) groups is 2. The first kappa shape index (κ1) is 14.7. The van der Waals surface area contributed by atoms with Gasteiger partial charge in [-0.1, -0.05) is 13.3 Å². The van der Waals surface area contributed by atoms with Crippen LogP contribution in [0.2, 0.25) is 0 Å². The molecule has 1 unspecified atom stereocenters. The fraction of sp³-hybridized carbons (Fsp3) is 0.714. The predicted octanol–water partition coefficient (Wildman–Crippen LogP) is 2.45. The molecule has 1 aliphatic heterocycles. The van der Waals surface area contributed by atoms with Gasteiger partial charge in [0.05, 0.1) is 0 Å². The molecule has 1 atom stereocenters. The van der Waals surface area contributed by atoms with Gasteiger partial charge in [0.2, 0.25) is 5.91 Å². The fourth-order valence-electron chi connectivity index (χ4n) is 2.33. The van der Waals surface area contributed by atoms with Gasteiger partial charge in [-0.15, -0.1) is 0 Å². The Morgan fingerprint density at radius 1 is 1.17 bits per heavy atom. The Labute approximate surface area is 109 Å². The molecule has 0 radical (unpaired) electrons. The largest absolute Gasteiger partial charge is 0.478 e. The van der Waals surface area contributed by atoms with E-state index in [1.807, 2.05) is 0 Å². The Hall–Kier alpha value is -1.32. The van der Waals surface area contributed by atoms with Crippen molar-refractivity contribution in [1.29, 1.82) is 0 Å². The molecule has 0 aromatic rings. The molecule has 1 rings (SSSR count). The minimum atomic E-state index is -1.01. The first-order valence-corrected chi connectivity index (χ1v) is 6.67. The van der Waals surface area contributed by atoms with Gasteiger partial charge in [0.25, 0.3) is 0 Å². The van der Waals surface area contributed by atoms with Crippen LogP contribution in [-0.4, -0.2) is 35.0 Å². The maximum Gasteiger partial charge on any atom is 0.331 e. The van der Waals surface area contributed by atoms with Crippen LogP contribution in [0.5, 0.6) is 0 Å². The molecule has 18 heavy (non-hydrogen) atoms. The highest BCUT2D eigenvalue weighted by molar-refractivity contribution is 6.01. The molecule has 0 spiro atoms. The van der Waals surface area contributed by atoms with Crippen LogP contribution >= 0.6 is 0 Å². The van der Waals surface area contributed by atoms with Crippen molar-refractivity contribution >= 4 is 11.9 Å². The lowest BCUT2D eigenvalue weighted by atomic mass is 9.98. The Bertz CT molecular complexity index is 360. The van der Waals surface area contributed by atoms with Crippen molar-refractivity contribution in [2.75, 3.05) is 13.1 Å². The van der Waals surface area contributed by atoms with Gasteiger partial charge in [-0.2, -0.15) is 0 Å². The van der Waals surface area contributed by atoms with Gasteiger partial charge in [-0.25, -0.2) is 4.79 Å². The van der Waals surface area contributed by atoms with Crippen molar-refractivity contribution in [3.05, 3.63) is 11.1 Å². The smallest absolute Gasteiger partial charge is 0.331 e. The van der Waals surface area contributed by atoms with Gasteiger partial charge >= 0.3 is 5.97 Å². The van der Waals surface area contributed by atoms with Crippen LogP contribution < -0.4 is 0 Å². The van der Waals surface area contributed by atoms with E-state index >= 15 is 0 Å². The third-order valence-corrected chi connectivity index (χ3v) is 3.92. The van der Waals surface area contributed by atoms with Gasteiger partial charge in [0, 0.05) is 24.2 Å². The monoisotopic (exact) mass is 253 g/mol. The first-order chi connectivity index (χ1) is 8.47. The molecule has 1 saturated heterocycles. The lowest BCUT2D eigenvalue weighted by Crippen LogP contribution is -2.33. The topological polar surface area (TPSA) is 57.6 Å². The number of carbonyl (C=O) groups excluding carboxylic acids is 1. The predicted molar refractivity (Wildman–Crippen MR) is 70.2 cm³/mol. The van der Waals surface area contributed by atoms with Crippen molar-refractivity contribution < 1.29 is 14.7 Å². The van der Waals surface area contributed by atoms with Crippen molar-refractivity contribution in [2.24, 2.45) is 5.92 Å². The quantitative estimate of drug-likeness (QED) is 0.786. The van der Waals surface area contributed by atoms with E-state index in [0.29, 0.717) is 11.5 Å². The SMILES string of the molecule is CCC1CCCN(C(=O)C(C)=C(C)C(=O)O)CC1. The normalized spacial score (nSPS) is 22.2. The molecule has 0 aromatic heterocycles. The third kappa shape index (κ3) is 3.59. The Kier molecular flexibility index (Phi) is 5.38. The molecule has 0 aliphatic carbocycles. The second-order valence-electron chi connectivity index (χ2n) is 5.05. The van der Waals surface area contributed by atoms with E-state index in [1.54, 1.807) is 11.8 Å². The molecule has 1 heterocycles. The molecule has 4 nitrogen and oxygen atoms in total. The van der Waals surface area contributed by atoms with Crippen LogP contribution in [0.4, 0.5) is 0 Å². The third-order valence-electron chi connectivity index (χ3n) is 3.92. The van der Waals surface area contributed by atoms with Gasteiger partial charge < -0.3 is 10.0 Å². The van der Waals surface area contributed by atoms with E-state index < -0.39 is 5.97 Å². The molecular weight excluding hydrogens is 230 g/mol. The molecular formula is C14H23NO3. The van der Waals surface area contributed by atoms with Gasteiger partial charge in [-0.3, -0.25) is 4.79 Å². The summed E-state index contributed by atoms with van der Waals surface area (Å²) >= 11 is 0. The molecule has 0 aromatic carbocycles. The fourth-order valence-corrected chi connectivity index (χ4v) is 2.33. The Balaban J connectivity index is 2.73. The van der Waals surface area contributed by atoms with Crippen LogP contribution in [0.1, 0.15) is 46.5 Å². The maximum absolute atomic E-state index is 12.2. The highest BCUT2D eigenvalue weighted by atomic mass is 16.4. The molecule has 0 bridgehead atoms. The average molecular weight is 253 g/mol. The zero-order chi connectivity index (χ0) is 13.7. The minimum absolute atomic E-state index is 0.119. The summed E-state index contributed by atoms with van der Waals surface area (Å²) in [6, 6.07) is 0. The summed E-state index contributed by atoms with van der Waals surface area (Å²) in [6.07, 6.45) is 4.37. The number of likely N-dealkylation sites (tertiary alicyclic amines) is 1. The highest BCUT2D eigenvalue weighted by Gasteiger charge is 2.22. The number of carboxylic acids is 1. The van der Waals surface area contributed by atoms with Gasteiger partial charge in [-0.05, 0) is 39.0 Å². The minimum Gasteiger partial charge on any atom is -0.478 e. The number of hydrogen-bond acceptors (Lipinski definition) is 2. The van der Waals surface area contributed by atoms with E-state index in [-0.39, 0.29) is 11.5 Å². The van der Waals surface area contributed by atoms with Crippen LogP contribution in [0, 0.1) is 5.92 Å².